The van der Waals surface area contributed by atoms with Gasteiger partial charge in [0.1, 0.15) is 5.60 Å². The Morgan fingerprint density at radius 2 is 2.12 bits per heavy atom. The summed E-state index contributed by atoms with van der Waals surface area (Å²) in [6.45, 7) is 8.63. The molecule has 5 heteroatoms. The van der Waals surface area contributed by atoms with Crippen LogP contribution in [0.2, 0.25) is 0 Å². The molecular weight excluding hydrogens is 412 g/mol. The first-order valence-corrected chi connectivity index (χ1v) is 12.1. The lowest BCUT2D eigenvalue weighted by Gasteiger charge is -2.64. The van der Waals surface area contributed by atoms with E-state index in [1.807, 2.05) is 12.1 Å². The van der Waals surface area contributed by atoms with Gasteiger partial charge in [-0.15, -0.1) is 6.58 Å². The van der Waals surface area contributed by atoms with E-state index in [9.17, 15) is 5.11 Å². The Hall–Kier alpha value is -2.76. The number of hydrogen-bond donors (Lipinski definition) is 1. The van der Waals surface area contributed by atoms with Gasteiger partial charge in [0, 0.05) is 55.7 Å². The van der Waals surface area contributed by atoms with E-state index >= 15 is 0 Å². The molecule has 0 unspecified atom stereocenters. The molecule has 5 nitrogen and oxygen atoms in total. The van der Waals surface area contributed by atoms with Crippen molar-refractivity contribution < 1.29 is 14.6 Å². The summed E-state index contributed by atoms with van der Waals surface area (Å²) in [7, 11) is 2.16. The second-order valence-corrected chi connectivity index (χ2v) is 10.1. The van der Waals surface area contributed by atoms with Crippen molar-refractivity contribution >= 4 is 10.9 Å². The average molecular weight is 443 g/mol. The van der Waals surface area contributed by atoms with Crippen LogP contribution in [0.1, 0.15) is 41.8 Å². The van der Waals surface area contributed by atoms with Crippen LogP contribution in [0.25, 0.3) is 10.9 Å². The Morgan fingerprint density at radius 1 is 1.27 bits per heavy atom. The highest BCUT2D eigenvalue weighted by Gasteiger charge is 2.74. The minimum Gasteiger partial charge on any atom is -0.504 e. The molecule has 1 N–H and O–H groups in total. The van der Waals surface area contributed by atoms with E-state index in [4.69, 9.17) is 9.47 Å². The Morgan fingerprint density at radius 3 is 2.94 bits per heavy atom. The van der Waals surface area contributed by atoms with Crippen LogP contribution in [0, 0.1) is 0 Å². The molecule has 1 spiro atoms. The fourth-order valence-electron chi connectivity index (χ4n) is 7.97. The summed E-state index contributed by atoms with van der Waals surface area (Å²) in [4.78, 5) is 2.56. The van der Waals surface area contributed by atoms with E-state index in [1.165, 1.54) is 33.3 Å². The van der Waals surface area contributed by atoms with Crippen LogP contribution < -0.4 is 4.74 Å². The largest absolute Gasteiger partial charge is 0.504 e. The van der Waals surface area contributed by atoms with Crippen LogP contribution in [0.15, 0.2) is 49.1 Å². The number of phenolic OH excluding ortho intramolecular Hbond substituents is 1. The maximum atomic E-state index is 10.9. The van der Waals surface area contributed by atoms with Gasteiger partial charge in [0.25, 0.3) is 0 Å². The van der Waals surface area contributed by atoms with Crippen LogP contribution in [0.5, 0.6) is 11.5 Å². The van der Waals surface area contributed by atoms with Crippen molar-refractivity contribution in [3.63, 3.8) is 0 Å². The number of para-hydroxylation sites is 1. The van der Waals surface area contributed by atoms with Crippen molar-refractivity contribution in [3.8, 4) is 11.5 Å². The lowest BCUT2D eigenvalue weighted by molar-refractivity contribution is -0.200. The number of fused-ring (bicyclic) bond motifs is 4. The van der Waals surface area contributed by atoms with E-state index in [0.717, 1.165) is 32.4 Å². The molecule has 1 fully saturated rings. The molecule has 2 aliphatic carbocycles. The highest BCUT2D eigenvalue weighted by atomic mass is 16.5. The number of hydrogen-bond acceptors (Lipinski definition) is 4. The molecule has 4 aliphatic rings. The van der Waals surface area contributed by atoms with Crippen LogP contribution in [-0.4, -0.2) is 45.9 Å². The van der Waals surface area contributed by atoms with Gasteiger partial charge in [-0.2, -0.15) is 0 Å². The average Bonchev–Trinajstić information content (AvgIpc) is 3.30. The number of aromatic hydroxyl groups is 1. The van der Waals surface area contributed by atoms with E-state index in [2.05, 4.69) is 60.3 Å². The smallest absolute Gasteiger partial charge is 0.166 e. The molecule has 1 saturated heterocycles. The van der Waals surface area contributed by atoms with Gasteiger partial charge >= 0.3 is 0 Å². The third-order valence-corrected chi connectivity index (χ3v) is 9.01. The number of phenols is 1. The Bertz CT molecular complexity index is 1330. The summed E-state index contributed by atoms with van der Waals surface area (Å²) < 4.78 is 16.1. The number of likely N-dealkylation sites (tertiary alicyclic amines) is 1. The van der Waals surface area contributed by atoms with Gasteiger partial charge in [0.2, 0.25) is 0 Å². The van der Waals surface area contributed by atoms with Crippen LogP contribution in [-0.2, 0) is 30.0 Å². The van der Waals surface area contributed by atoms with Gasteiger partial charge in [-0.25, -0.2) is 0 Å². The third kappa shape index (κ3) is 2.08. The zero-order chi connectivity index (χ0) is 22.5. The summed E-state index contributed by atoms with van der Waals surface area (Å²) in [6, 6.07) is 12.8. The van der Waals surface area contributed by atoms with E-state index in [-0.39, 0.29) is 23.3 Å². The van der Waals surface area contributed by atoms with Crippen molar-refractivity contribution in [1.29, 1.82) is 0 Å². The molecule has 2 aliphatic heterocycles. The predicted octanol–water partition coefficient (Wildman–Crippen LogP) is 4.40. The molecular formula is C28H30N2O3. The summed E-state index contributed by atoms with van der Waals surface area (Å²) in [5.74, 6) is 0.922. The molecule has 0 saturated carbocycles. The van der Waals surface area contributed by atoms with E-state index in [1.54, 1.807) is 0 Å². The molecule has 7 rings (SSSR count). The molecule has 3 aromatic rings. The van der Waals surface area contributed by atoms with Crippen molar-refractivity contribution in [2.24, 2.45) is 7.05 Å². The third-order valence-electron chi connectivity index (χ3n) is 9.01. The summed E-state index contributed by atoms with van der Waals surface area (Å²) >= 11 is 0. The summed E-state index contributed by atoms with van der Waals surface area (Å²) in [6.07, 6.45) is 4.52. The van der Waals surface area contributed by atoms with Crippen molar-refractivity contribution in [2.75, 3.05) is 19.7 Å². The molecule has 2 bridgehead atoms. The maximum Gasteiger partial charge on any atom is 0.166 e. The molecule has 0 amide bonds. The van der Waals surface area contributed by atoms with Gasteiger partial charge < -0.3 is 19.1 Å². The number of rotatable bonds is 4. The zero-order valence-electron chi connectivity index (χ0n) is 19.3. The highest BCUT2D eigenvalue weighted by Crippen LogP contribution is 2.70. The van der Waals surface area contributed by atoms with Crippen molar-refractivity contribution in [3.05, 3.63) is 71.4 Å². The SMILES string of the molecule is C=CCN1CC[C@]23c4c5ccc(O)c4O[C@H]2c2c(c4ccccc4n2C)C[C@@]3(OCC)[C@@H]1C5. The molecule has 2 aromatic carbocycles. The molecule has 33 heavy (non-hydrogen) atoms. The number of aryl methyl sites for hydroxylation is 1. The van der Waals surface area contributed by atoms with Crippen LogP contribution in [0.3, 0.4) is 0 Å². The number of aromatic nitrogens is 1. The molecule has 170 valence electrons. The first-order valence-electron chi connectivity index (χ1n) is 12.1. The zero-order valence-corrected chi connectivity index (χ0v) is 19.3. The second-order valence-electron chi connectivity index (χ2n) is 10.1. The number of benzene rings is 2. The second kappa shape index (κ2) is 6.43. The molecule has 3 heterocycles. The minimum absolute atomic E-state index is 0.180. The Labute approximate surface area is 194 Å². The summed E-state index contributed by atoms with van der Waals surface area (Å²) in [5.41, 5.74) is 5.56. The number of piperidine rings is 1. The van der Waals surface area contributed by atoms with Crippen LogP contribution >= 0.6 is 0 Å². The number of ether oxygens (including phenoxy) is 2. The Kier molecular flexibility index (Phi) is 3.83. The lowest BCUT2D eigenvalue weighted by atomic mass is 9.48. The topological polar surface area (TPSA) is 46.9 Å². The van der Waals surface area contributed by atoms with Crippen LogP contribution in [0.4, 0.5) is 0 Å². The Balaban J connectivity index is 1.60. The van der Waals surface area contributed by atoms with Crippen molar-refractivity contribution in [2.45, 2.75) is 49.3 Å². The van der Waals surface area contributed by atoms with Gasteiger partial charge in [0.15, 0.2) is 17.6 Å². The molecule has 4 atom stereocenters. The summed E-state index contributed by atoms with van der Waals surface area (Å²) in [5, 5.41) is 12.2. The van der Waals surface area contributed by atoms with E-state index in [0.29, 0.717) is 12.4 Å². The fraction of sp³-hybridized carbons (Fsp3) is 0.429. The minimum atomic E-state index is -0.420. The first kappa shape index (κ1) is 19.7. The maximum absolute atomic E-state index is 10.9. The lowest BCUT2D eigenvalue weighted by Crippen LogP contribution is -2.75. The quantitative estimate of drug-likeness (QED) is 0.609. The normalized spacial score (nSPS) is 31.2. The predicted molar refractivity (Wildman–Crippen MR) is 128 cm³/mol. The first-order chi connectivity index (χ1) is 16.1. The molecule has 0 radical (unpaired) electrons. The van der Waals surface area contributed by atoms with Crippen molar-refractivity contribution in [1.82, 2.24) is 9.47 Å². The van der Waals surface area contributed by atoms with Gasteiger partial charge in [-0.05, 0) is 43.0 Å². The van der Waals surface area contributed by atoms with Gasteiger partial charge in [-0.1, -0.05) is 30.3 Å². The number of nitrogens with zero attached hydrogens (tertiary/aromatic N) is 2. The monoisotopic (exact) mass is 442 g/mol. The standard InChI is InChI=1S/C28H30N2O3/c1-4-13-30-14-12-27-23-17-10-11-21(31)25(23)33-26(27)24-19(16-28(27,32-5-2)22(30)15-17)18-8-6-7-9-20(18)29(24)3/h4,6-11,22,26,31H,1,5,12-16H2,2-3H3/t22-,26-,27-,28+/m0/s1. The fourth-order valence-corrected chi connectivity index (χ4v) is 7.97. The highest BCUT2D eigenvalue weighted by molar-refractivity contribution is 5.87. The van der Waals surface area contributed by atoms with Gasteiger partial charge in [-0.3, -0.25) is 4.90 Å². The van der Waals surface area contributed by atoms with Gasteiger partial charge in [0.05, 0.1) is 11.1 Å². The molecule has 1 aromatic heterocycles. The van der Waals surface area contributed by atoms with E-state index < -0.39 is 5.60 Å².